The molecule has 2 unspecified atom stereocenters. The fourth-order valence-corrected chi connectivity index (χ4v) is 2.87. The van der Waals surface area contributed by atoms with Crippen molar-refractivity contribution in [3.05, 3.63) is 71.8 Å². The topological polar surface area (TPSA) is 44.0 Å². The van der Waals surface area contributed by atoms with Gasteiger partial charge in [-0.25, -0.2) is 0 Å². The Labute approximate surface area is 126 Å². The average molecular weight is 279 g/mol. The zero-order valence-corrected chi connectivity index (χ0v) is 12.4. The zero-order chi connectivity index (χ0) is 15.1. The molecule has 0 radical (unpaired) electrons. The molecule has 0 heterocycles. The van der Waals surface area contributed by atoms with E-state index in [-0.39, 0.29) is 12.5 Å². The van der Waals surface area contributed by atoms with Crippen LogP contribution in [0.25, 0.3) is 0 Å². The van der Waals surface area contributed by atoms with Crippen molar-refractivity contribution in [3.63, 3.8) is 0 Å². The molecule has 1 N–H and O–H groups in total. The molecule has 0 spiro atoms. The lowest BCUT2D eigenvalue weighted by Gasteiger charge is -2.33. The van der Waals surface area contributed by atoms with Crippen molar-refractivity contribution < 1.29 is 5.11 Å². The van der Waals surface area contributed by atoms with Gasteiger partial charge in [0.15, 0.2) is 0 Å². The fraction of sp³-hybridized carbons (Fsp3) is 0.316. The van der Waals surface area contributed by atoms with Crippen LogP contribution in [0.4, 0.5) is 0 Å². The van der Waals surface area contributed by atoms with E-state index in [4.69, 9.17) is 0 Å². The molecule has 0 aliphatic carbocycles. The Morgan fingerprint density at radius 2 is 1.62 bits per heavy atom. The summed E-state index contributed by atoms with van der Waals surface area (Å²) in [5.74, 6) is 0.0788. The molecule has 108 valence electrons. The second kappa shape index (κ2) is 7.06. The number of nitrogens with zero attached hydrogens (tertiary/aromatic N) is 1. The minimum atomic E-state index is -0.606. The third kappa shape index (κ3) is 3.32. The SMILES string of the molecule is CC(CCO)C(C#N)(Cc1ccccc1)c1ccccc1. The molecule has 2 heteroatoms. The molecule has 2 aromatic carbocycles. The second-order valence-corrected chi connectivity index (χ2v) is 5.52. The van der Waals surface area contributed by atoms with E-state index in [0.29, 0.717) is 12.8 Å². The molecule has 0 amide bonds. The molecular formula is C19H21NO. The largest absolute Gasteiger partial charge is 0.396 e. The van der Waals surface area contributed by atoms with Crippen LogP contribution in [0.3, 0.4) is 0 Å². The lowest BCUT2D eigenvalue weighted by Crippen LogP contribution is -2.35. The molecule has 2 rings (SSSR count). The highest BCUT2D eigenvalue weighted by atomic mass is 16.3. The van der Waals surface area contributed by atoms with Gasteiger partial charge in [-0.3, -0.25) is 0 Å². The molecule has 0 aromatic heterocycles. The van der Waals surface area contributed by atoms with Gasteiger partial charge in [-0.15, -0.1) is 0 Å². The lowest BCUT2D eigenvalue weighted by atomic mass is 9.67. The Morgan fingerprint density at radius 1 is 1.05 bits per heavy atom. The van der Waals surface area contributed by atoms with Crippen molar-refractivity contribution in [2.75, 3.05) is 6.61 Å². The van der Waals surface area contributed by atoms with Crippen LogP contribution in [0.2, 0.25) is 0 Å². The molecule has 0 aliphatic rings. The summed E-state index contributed by atoms with van der Waals surface area (Å²) in [6.45, 7) is 2.15. The molecule has 0 saturated heterocycles. The highest BCUT2D eigenvalue weighted by molar-refractivity contribution is 5.37. The van der Waals surface area contributed by atoms with E-state index in [1.54, 1.807) is 0 Å². The predicted molar refractivity (Wildman–Crippen MR) is 84.7 cm³/mol. The van der Waals surface area contributed by atoms with E-state index in [1.807, 2.05) is 48.5 Å². The Morgan fingerprint density at radius 3 is 2.14 bits per heavy atom. The maximum Gasteiger partial charge on any atom is 0.0888 e. The van der Waals surface area contributed by atoms with Gasteiger partial charge in [-0.1, -0.05) is 67.6 Å². The molecule has 0 saturated carbocycles. The highest BCUT2D eigenvalue weighted by Gasteiger charge is 2.38. The monoisotopic (exact) mass is 279 g/mol. The van der Waals surface area contributed by atoms with Crippen molar-refractivity contribution in [1.29, 1.82) is 5.26 Å². The number of rotatable bonds is 6. The van der Waals surface area contributed by atoms with Crippen molar-refractivity contribution in [3.8, 4) is 6.07 Å². The van der Waals surface area contributed by atoms with Crippen LogP contribution >= 0.6 is 0 Å². The van der Waals surface area contributed by atoms with Crippen LogP contribution in [0.5, 0.6) is 0 Å². The van der Waals surface area contributed by atoms with Gasteiger partial charge in [0.1, 0.15) is 0 Å². The van der Waals surface area contributed by atoms with Crippen LogP contribution in [0, 0.1) is 17.2 Å². The van der Waals surface area contributed by atoms with Gasteiger partial charge in [0.25, 0.3) is 0 Å². The number of nitriles is 1. The summed E-state index contributed by atoms with van der Waals surface area (Å²) < 4.78 is 0. The standard InChI is InChI=1S/C19H21NO/c1-16(12-13-21)19(15-20,18-10-6-3-7-11-18)14-17-8-4-2-5-9-17/h2-11,16,21H,12-14H2,1H3. The summed E-state index contributed by atoms with van der Waals surface area (Å²) >= 11 is 0. The summed E-state index contributed by atoms with van der Waals surface area (Å²) in [5.41, 5.74) is 1.57. The first-order valence-electron chi connectivity index (χ1n) is 7.34. The maximum atomic E-state index is 9.96. The number of hydrogen-bond donors (Lipinski definition) is 1. The summed E-state index contributed by atoms with van der Waals surface area (Å²) in [6.07, 6.45) is 1.28. The van der Waals surface area contributed by atoms with Crippen LogP contribution in [0.1, 0.15) is 24.5 Å². The Kier molecular flexibility index (Phi) is 5.14. The Balaban J connectivity index is 2.45. The van der Waals surface area contributed by atoms with Crippen LogP contribution < -0.4 is 0 Å². The predicted octanol–water partition coefficient (Wildman–Crippen LogP) is 3.71. The molecule has 2 nitrogen and oxygen atoms in total. The molecular weight excluding hydrogens is 258 g/mol. The Hall–Kier alpha value is -2.11. The third-order valence-corrected chi connectivity index (χ3v) is 4.22. The van der Waals surface area contributed by atoms with Crippen molar-refractivity contribution in [2.45, 2.75) is 25.2 Å². The summed E-state index contributed by atoms with van der Waals surface area (Å²) in [7, 11) is 0. The normalized spacial score (nSPS) is 14.9. The van der Waals surface area contributed by atoms with Gasteiger partial charge < -0.3 is 5.11 Å². The highest BCUT2D eigenvalue weighted by Crippen LogP contribution is 2.37. The van der Waals surface area contributed by atoms with E-state index in [2.05, 4.69) is 25.1 Å². The molecule has 21 heavy (non-hydrogen) atoms. The molecule has 0 fully saturated rings. The zero-order valence-electron chi connectivity index (χ0n) is 12.4. The molecule has 0 bridgehead atoms. The number of aliphatic hydroxyl groups excluding tert-OH is 1. The summed E-state index contributed by atoms with van der Waals surface area (Å²) in [6, 6.07) is 22.6. The Bertz CT molecular complexity index is 588. The van der Waals surface area contributed by atoms with Crippen molar-refractivity contribution >= 4 is 0 Å². The van der Waals surface area contributed by atoms with Crippen molar-refractivity contribution in [2.24, 2.45) is 5.92 Å². The van der Waals surface area contributed by atoms with Crippen LogP contribution in [0.15, 0.2) is 60.7 Å². The number of hydrogen-bond acceptors (Lipinski definition) is 2. The van der Waals surface area contributed by atoms with E-state index < -0.39 is 5.41 Å². The quantitative estimate of drug-likeness (QED) is 0.876. The second-order valence-electron chi connectivity index (χ2n) is 5.52. The van der Waals surface area contributed by atoms with Gasteiger partial charge in [0.05, 0.1) is 11.5 Å². The molecule has 0 aliphatic heterocycles. The van der Waals surface area contributed by atoms with Gasteiger partial charge in [-0.2, -0.15) is 5.26 Å². The fourth-order valence-electron chi connectivity index (χ4n) is 2.87. The van der Waals surface area contributed by atoms with E-state index >= 15 is 0 Å². The van der Waals surface area contributed by atoms with E-state index in [1.165, 1.54) is 0 Å². The van der Waals surface area contributed by atoms with Gasteiger partial charge in [0, 0.05) is 6.61 Å². The first-order valence-corrected chi connectivity index (χ1v) is 7.34. The first kappa shape index (κ1) is 15.3. The number of benzene rings is 2. The van der Waals surface area contributed by atoms with Gasteiger partial charge in [-0.05, 0) is 29.9 Å². The van der Waals surface area contributed by atoms with E-state index in [9.17, 15) is 10.4 Å². The maximum absolute atomic E-state index is 9.96. The van der Waals surface area contributed by atoms with Gasteiger partial charge >= 0.3 is 0 Å². The minimum absolute atomic E-state index is 0.0788. The molecule has 2 atom stereocenters. The average Bonchev–Trinajstić information content (AvgIpc) is 2.54. The van der Waals surface area contributed by atoms with Gasteiger partial charge in [0.2, 0.25) is 0 Å². The smallest absolute Gasteiger partial charge is 0.0888 e. The third-order valence-electron chi connectivity index (χ3n) is 4.22. The summed E-state index contributed by atoms with van der Waals surface area (Å²) in [5, 5.41) is 19.3. The van der Waals surface area contributed by atoms with Crippen molar-refractivity contribution in [1.82, 2.24) is 0 Å². The molecule has 2 aromatic rings. The number of aliphatic hydroxyl groups is 1. The summed E-state index contributed by atoms with van der Waals surface area (Å²) in [4.78, 5) is 0. The first-order chi connectivity index (χ1) is 10.2. The van der Waals surface area contributed by atoms with Crippen LogP contribution in [-0.4, -0.2) is 11.7 Å². The van der Waals surface area contributed by atoms with Crippen LogP contribution in [-0.2, 0) is 11.8 Å². The van der Waals surface area contributed by atoms with E-state index in [0.717, 1.165) is 11.1 Å². The minimum Gasteiger partial charge on any atom is -0.396 e. The lowest BCUT2D eigenvalue weighted by molar-refractivity contribution is 0.229.